The van der Waals surface area contributed by atoms with Crippen molar-refractivity contribution in [2.45, 2.75) is 13.3 Å². The van der Waals surface area contributed by atoms with Crippen LogP contribution in [0.5, 0.6) is 0 Å². The van der Waals surface area contributed by atoms with Gasteiger partial charge in [-0.25, -0.2) is 0 Å². The van der Waals surface area contributed by atoms with Crippen molar-refractivity contribution in [2.24, 2.45) is 0 Å². The van der Waals surface area contributed by atoms with Crippen LogP contribution in [0.25, 0.3) is 10.9 Å². The second-order valence-electron chi connectivity index (χ2n) is 3.56. The molecule has 0 spiro atoms. The zero-order valence-electron chi connectivity index (χ0n) is 9.35. The Bertz CT molecular complexity index is 486. The van der Waals surface area contributed by atoms with E-state index in [0.717, 1.165) is 29.6 Å². The van der Waals surface area contributed by atoms with Gasteiger partial charge in [-0.3, -0.25) is 0 Å². The van der Waals surface area contributed by atoms with Gasteiger partial charge in [-0.05, 0) is 19.4 Å². The Balaban J connectivity index is 2.17. The minimum absolute atomic E-state index is 0.917. The maximum atomic E-state index is 4.08. The standard InChI is InChI=1S/C13H15N3/c1-2-3-6-9-14-13-10-15-16-12-8-5-4-7-11(12)13/h2-5,7-8,10H,6,9H2,1H3,(H,14,16)/b3-2+. The average molecular weight is 213 g/mol. The van der Waals surface area contributed by atoms with Crippen molar-refractivity contribution < 1.29 is 0 Å². The normalized spacial score (nSPS) is 11.1. The quantitative estimate of drug-likeness (QED) is 0.626. The molecule has 0 aliphatic rings. The van der Waals surface area contributed by atoms with E-state index in [1.165, 1.54) is 0 Å². The maximum absolute atomic E-state index is 4.08. The molecule has 3 heteroatoms. The summed E-state index contributed by atoms with van der Waals surface area (Å²) in [6, 6.07) is 8.02. The highest BCUT2D eigenvalue weighted by atomic mass is 15.1. The molecule has 0 unspecified atom stereocenters. The van der Waals surface area contributed by atoms with Crippen molar-refractivity contribution in [1.29, 1.82) is 0 Å². The van der Waals surface area contributed by atoms with Crippen LogP contribution in [-0.2, 0) is 0 Å². The molecule has 0 saturated carbocycles. The first-order valence-electron chi connectivity index (χ1n) is 5.47. The Kier molecular flexibility index (Phi) is 3.49. The number of aromatic nitrogens is 2. The summed E-state index contributed by atoms with van der Waals surface area (Å²) < 4.78 is 0. The monoisotopic (exact) mass is 213 g/mol. The number of hydrogen-bond donors (Lipinski definition) is 1. The van der Waals surface area contributed by atoms with E-state index in [1.54, 1.807) is 6.20 Å². The van der Waals surface area contributed by atoms with Gasteiger partial charge in [0.25, 0.3) is 0 Å². The lowest BCUT2D eigenvalue weighted by atomic mass is 10.2. The third kappa shape index (κ3) is 2.37. The summed E-state index contributed by atoms with van der Waals surface area (Å²) in [6.45, 7) is 2.95. The van der Waals surface area contributed by atoms with Gasteiger partial charge in [0.2, 0.25) is 0 Å². The van der Waals surface area contributed by atoms with E-state index < -0.39 is 0 Å². The summed E-state index contributed by atoms with van der Waals surface area (Å²) in [5.74, 6) is 0. The van der Waals surface area contributed by atoms with Gasteiger partial charge in [0.1, 0.15) is 0 Å². The van der Waals surface area contributed by atoms with Crippen LogP contribution < -0.4 is 5.32 Å². The van der Waals surface area contributed by atoms with Crippen LogP contribution in [0.3, 0.4) is 0 Å². The van der Waals surface area contributed by atoms with Crippen molar-refractivity contribution >= 4 is 16.6 Å². The van der Waals surface area contributed by atoms with Crippen LogP contribution in [0, 0.1) is 0 Å². The highest BCUT2D eigenvalue weighted by Crippen LogP contribution is 2.19. The Morgan fingerprint density at radius 2 is 2.19 bits per heavy atom. The van der Waals surface area contributed by atoms with Gasteiger partial charge >= 0.3 is 0 Å². The van der Waals surface area contributed by atoms with Gasteiger partial charge in [-0.15, -0.1) is 0 Å². The van der Waals surface area contributed by atoms with Crippen LogP contribution in [0.1, 0.15) is 13.3 Å². The molecule has 0 saturated heterocycles. The Labute approximate surface area is 95.2 Å². The van der Waals surface area contributed by atoms with Gasteiger partial charge in [0.05, 0.1) is 17.4 Å². The van der Waals surface area contributed by atoms with Crippen LogP contribution in [0.15, 0.2) is 42.6 Å². The smallest absolute Gasteiger partial charge is 0.0950 e. The molecule has 0 fully saturated rings. The molecule has 0 radical (unpaired) electrons. The molecule has 3 nitrogen and oxygen atoms in total. The minimum Gasteiger partial charge on any atom is -0.383 e. The number of hydrogen-bond acceptors (Lipinski definition) is 3. The van der Waals surface area contributed by atoms with Gasteiger partial charge in [-0.2, -0.15) is 10.2 Å². The topological polar surface area (TPSA) is 37.8 Å². The van der Waals surface area contributed by atoms with Crippen LogP contribution in [0.2, 0.25) is 0 Å². The first-order chi connectivity index (χ1) is 7.92. The number of allylic oxidation sites excluding steroid dienone is 1. The molecule has 0 aliphatic carbocycles. The largest absolute Gasteiger partial charge is 0.383 e. The molecule has 1 aromatic heterocycles. The first kappa shape index (κ1) is 10.6. The third-order valence-electron chi connectivity index (χ3n) is 2.41. The SMILES string of the molecule is C/C=C/CCNc1cnnc2ccccc12. The molecule has 1 heterocycles. The summed E-state index contributed by atoms with van der Waals surface area (Å²) >= 11 is 0. The number of fused-ring (bicyclic) bond motifs is 1. The van der Waals surface area contributed by atoms with Crippen LogP contribution >= 0.6 is 0 Å². The highest BCUT2D eigenvalue weighted by molar-refractivity contribution is 5.90. The molecule has 2 rings (SSSR count). The number of nitrogens with zero attached hydrogens (tertiary/aromatic N) is 2. The zero-order chi connectivity index (χ0) is 11.2. The molecule has 82 valence electrons. The lowest BCUT2D eigenvalue weighted by Gasteiger charge is -2.06. The molecule has 1 aromatic carbocycles. The fourth-order valence-corrected chi connectivity index (χ4v) is 1.60. The van der Waals surface area contributed by atoms with Crippen LogP contribution in [0.4, 0.5) is 5.69 Å². The Morgan fingerprint density at radius 3 is 3.06 bits per heavy atom. The van der Waals surface area contributed by atoms with Gasteiger partial charge in [0.15, 0.2) is 0 Å². The third-order valence-corrected chi connectivity index (χ3v) is 2.41. The van der Waals surface area contributed by atoms with E-state index in [0.29, 0.717) is 0 Å². The zero-order valence-corrected chi connectivity index (χ0v) is 9.35. The van der Waals surface area contributed by atoms with Gasteiger partial charge in [-0.1, -0.05) is 30.4 Å². The highest BCUT2D eigenvalue weighted by Gasteiger charge is 2.00. The van der Waals surface area contributed by atoms with Crippen molar-refractivity contribution in [3.8, 4) is 0 Å². The van der Waals surface area contributed by atoms with Crippen molar-refractivity contribution in [1.82, 2.24) is 10.2 Å². The van der Waals surface area contributed by atoms with Crippen molar-refractivity contribution in [3.05, 3.63) is 42.6 Å². The number of anilines is 1. The van der Waals surface area contributed by atoms with Gasteiger partial charge in [0, 0.05) is 11.9 Å². The molecule has 0 aliphatic heterocycles. The summed E-state index contributed by atoms with van der Waals surface area (Å²) in [4.78, 5) is 0. The molecule has 0 bridgehead atoms. The number of nitrogens with one attached hydrogen (secondary N) is 1. The first-order valence-corrected chi connectivity index (χ1v) is 5.47. The van der Waals surface area contributed by atoms with E-state index in [-0.39, 0.29) is 0 Å². The number of rotatable bonds is 4. The second-order valence-corrected chi connectivity index (χ2v) is 3.56. The van der Waals surface area contributed by atoms with Gasteiger partial charge < -0.3 is 5.32 Å². The molecule has 16 heavy (non-hydrogen) atoms. The van der Waals surface area contributed by atoms with E-state index in [2.05, 4.69) is 33.7 Å². The Morgan fingerprint density at radius 1 is 1.31 bits per heavy atom. The maximum Gasteiger partial charge on any atom is 0.0950 e. The summed E-state index contributed by atoms with van der Waals surface area (Å²) in [5.41, 5.74) is 1.98. The van der Waals surface area contributed by atoms with Crippen LogP contribution in [-0.4, -0.2) is 16.7 Å². The molecular formula is C13H15N3. The minimum atomic E-state index is 0.917. The summed E-state index contributed by atoms with van der Waals surface area (Å²) in [6.07, 6.45) is 7.00. The fraction of sp³-hybridized carbons (Fsp3) is 0.231. The predicted molar refractivity (Wildman–Crippen MR) is 67.5 cm³/mol. The average Bonchev–Trinajstić information content (AvgIpc) is 2.35. The molecule has 0 atom stereocenters. The molecule has 0 amide bonds. The predicted octanol–water partition coefficient (Wildman–Crippen LogP) is 3.01. The molecular weight excluding hydrogens is 198 g/mol. The fourth-order valence-electron chi connectivity index (χ4n) is 1.60. The van der Waals surface area contributed by atoms with Crippen molar-refractivity contribution in [2.75, 3.05) is 11.9 Å². The Hall–Kier alpha value is -1.90. The summed E-state index contributed by atoms with van der Waals surface area (Å²) in [7, 11) is 0. The van der Waals surface area contributed by atoms with E-state index >= 15 is 0 Å². The molecule has 1 N–H and O–H groups in total. The summed E-state index contributed by atoms with van der Waals surface area (Å²) in [5, 5.41) is 12.6. The lowest BCUT2D eigenvalue weighted by Crippen LogP contribution is -2.01. The molecule has 2 aromatic rings. The van der Waals surface area contributed by atoms with E-state index in [4.69, 9.17) is 0 Å². The lowest BCUT2D eigenvalue weighted by molar-refractivity contribution is 1.04. The van der Waals surface area contributed by atoms with E-state index in [1.807, 2.05) is 25.1 Å². The number of benzene rings is 1. The second kappa shape index (κ2) is 5.26. The van der Waals surface area contributed by atoms with E-state index in [9.17, 15) is 0 Å². The van der Waals surface area contributed by atoms with Crippen molar-refractivity contribution in [3.63, 3.8) is 0 Å².